The molecule has 0 saturated carbocycles. The average molecular weight is 424 g/mol. The van der Waals surface area contributed by atoms with Gasteiger partial charge in [-0.25, -0.2) is 9.40 Å². The van der Waals surface area contributed by atoms with Gasteiger partial charge in [0.1, 0.15) is 23.4 Å². The highest BCUT2D eigenvalue weighted by Gasteiger charge is 2.34. The normalized spacial score (nSPS) is 15.9. The summed E-state index contributed by atoms with van der Waals surface area (Å²) in [5, 5.41) is 6.13. The first kappa shape index (κ1) is 20.2. The van der Waals surface area contributed by atoms with Crippen LogP contribution in [0.2, 0.25) is 0 Å². The van der Waals surface area contributed by atoms with Crippen LogP contribution in [-0.4, -0.2) is 29.5 Å². The van der Waals surface area contributed by atoms with Crippen molar-refractivity contribution in [3.8, 4) is 5.75 Å². The number of nitrogens with zero attached hydrogens (tertiary/aromatic N) is 2. The first-order valence-electron chi connectivity index (χ1n) is 9.53. The van der Waals surface area contributed by atoms with E-state index in [9.17, 15) is 9.18 Å². The Bertz CT molecular complexity index is 1030. The molecule has 1 aromatic heterocycles. The molecule has 0 radical (unpaired) electrons. The number of rotatable bonds is 7. The quantitative estimate of drug-likeness (QED) is 0.533. The van der Waals surface area contributed by atoms with Crippen molar-refractivity contribution in [3.63, 3.8) is 0 Å². The molecule has 0 N–H and O–H groups in total. The van der Waals surface area contributed by atoms with Crippen molar-refractivity contribution in [2.45, 2.75) is 18.2 Å². The van der Waals surface area contributed by atoms with Crippen LogP contribution in [0, 0.1) is 5.82 Å². The van der Waals surface area contributed by atoms with Crippen LogP contribution in [0.1, 0.15) is 29.3 Å². The highest BCUT2D eigenvalue weighted by atomic mass is 32.2. The third kappa shape index (κ3) is 4.57. The van der Waals surface area contributed by atoms with Gasteiger partial charge in [-0.15, -0.1) is 11.8 Å². The van der Waals surface area contributed by atoms with Gasteiger partial charge in [0.2, 0.25) is 0 Å². The van der Waals surface area contributed by atoms with E-state index in [2.05, 4.69) is 5.10 Å². The summed E-state index contributed by atoms with van der Waals surface area (Å²) in [5.41, 5.74) is 2.61. The zero-order chi connectivity index (χ0) is 20.9. The maximum absolute atomic E-state index is 13.3. The standard InChI is InChI=1S/C23H21FN2O3S/c1-28-19-9-7-17(8-10-19)20-13-21(22-6-3-11-29-22)26(25-20)23(27)15-30-14-16-4-2-5-18(24)12-16/h2-12,21H,13-15H2,1H3. The van der Waals surface area contributed by atoms with Crippen LogP contribution in [0.15, 0.2) is 76.4 Å². The lowest BCUT2D eigenvalue weighted by Gasteiger charge is -2.19. The third-order valence-corrected chi connectivity index (χ3v) is 5.83. The van der Waals surface area contributed by atoms with Crippen molar-refractivity contribution < 1.29 is 18.3 Å². The van der Waals surface area contributed by atoms with Gasteiger partial charge in [0, 0.05) is 12.2 Å². The summed E-state index contributed by atoms with van der Waals surface area (Å²) in [6, 6.07) is 17.4. The SMILES string of the molecule is COc1ccc(C2=NN(C(=O)CSCc3cccc(F)c3)C(c3ccco3)C2)cc1. The second-order valence-electron chi connectivity index (χ2n) is 6.87. The molecule has 0 aliphatic carbocycles. The summed E-state index contributed by atoms with van der Waals surface area (Å²) in [7, 11) is 1.62. The lowest BCUT2D eigenvalue weighted by atomic mass is 10.0. The Hall–Kier alpha value is -3.06. The van der Waals surface area contributed by atoms with Gasteiger partial charge < -0.3 is 9.15 Å². The van der Waals surface area contributed by atoms with E-state index >= 15 is 0 Å². The number of hydrogen-bond donors (Lipinski definition) is 0. The van der Waals surface area contributed by atoms with E-state index in [1.165, 1.54) is 28.9 Å². The molecule has 0 bridgehead atoms. The molecule has 0 fully saturated rings. The smallest absolute Gasteiger partial charge is 0.253 e. The average Bonchev–Trinajstić information content (AvgIpc) is 3.44. The highest BCUT2D eigenvalue weighted by molar-refractivity contribution is 7.99. The predicted octanol–water partition coefficient (Wildman–Crippen LogP) is 5.04. The molecular weight excluding hydrogens is 403 g/mol. The van der Waals surface area contributed by atoms with E-state index < -0.39 is 0 Å². The largest absolute Gasteiger partial charge is 0.497 e. The number of amides is 1. The minimum absolute atomic E-state index is 0.110. The van der Waals surface area contributed by atoms with E-state index in [1.54, 1.807) is 19.4 Å². The third-order valence-electron chi connectivity index (χ3n) is 4.84. The number of ether oxygens (including phenoxy) is 1. The first-order valence-corrected chi connectivity index (χ1v) is 10.7. The molecule has 2 heterocycles. The second kappa shape index (κ2) is 9.17. The summed E-state index contributed by atoms with van der Waals surface area (Å²) in [6.07, 6.45) is 2.17. The number of thioether (sulfide) groups is 1. The van der Waals surface area contributed by atoms with Crippen LogP contribution in [0.25, 0.3) is 0 Å². The molecule has 7 heteroatoms. The molecule has 154 valence electrons. The molecule has 0 spiro atoms. The molecule has 1 amide bonds. The lowest BCUT2D eigenvalue weighted by molar-refractivity contribution is -0.130. The monoisotopic (exact) mass is 424 g/mol. The zero-order valence-corrected chi connectivity index (χ0v) is 17.3. The molecule has 5 nitrogen and oxygen atoms in total. The minimum atomic E-state index is -0.278. The van der Waals surface area contributed by atoms with Crippen LogP contribution < -0.4 is 4.74 Å². The van der Waals surface area contributed by atoms with E-state index in [-0.39, 0.29) is 23.5 Å². The Labute approximate surface area is 178 Å². The molecule has 1 aliphatic rings. The van der Waals surface area contributed by atoms with Crippen LogP contribution in [0.4, 0.5) is 4.39 Å². The summed E-state index contributed by atoms with van der Waals surface area (Å²) in [6.45, 7) is 0. The molecule has 1 atom stereocenters. The van der Waals surface area contributed by atoms with Crippen molar-refractivity contribution in [3.05, 3.63) is 89.6 Å². The Kier molecular flexibility index (Phi) is 6.18. The molecule has 1 unspecified atom stereocenters. The highest BCUT2D eigenvalue weighted by Crippen LogP contribution is 2.34. The zero-order valence-electron chi connectivity index (χ0n) is 16.5. The van der Waals surface area contributed by atoms with Gasteiger partial charge in [0.15, 0.2) is 0 Å². The fraction of sp³-hybridized carbons (Fsp3) is 0.217. The maximum Gasteiger partial charge on any atom is 0.253 e. The van der Waals surface area contributed by atoms with Crippen molar-refractivity contribution in [2.24, 2.45) is 5.10 Å². The molecule has 3 aromatic rings. The van der Waals surface area contributed by atoms with E-state index in [4.69, 9.17) is 9.15 Å². The van der Waals surface area contributed by atoms with Crippen LogP contribution >= 0.6 is 11.8 Å². The number of hydrogen-bond acceptors (Lipinski definition) is 5. The van der Waals surface area contributed by atoms with Gasteiger partial charge in [0.05, 0.1) is 24.8 Å². The molecular formula is C23H21FN2O3S. The van der Waals surface area contributed by atoms with E-state index in [1.807, 2.05) is 42.5 Å². The Morgan fingerprint density at radius 3 is 2.77 bits per heavy atom. The lowest BCUT2D eigenvalue weighted by Crippen LogP contribution is -2.28. The van der Waals surface area contributed by atoms with Crippen LogP contribution in [0.5, 0.6) is 5.75 Å². The summed E-state index contributed by atoms with van der Waals surface area (Å²) in [4.78, 5) is 12.9. The number of benzene rings is 2. The fourth-order valence-corrected chi connectivity index (χ4v) is 4.17. The molecule has 1 aliphatic heterocycles. The minimum Gasteiger partial charge on any atom is -0.497 e. The second-order valence-corrected chi connectivity index (χ2v) is 7.86. The number of carbonyl (C=O) groups excluding carboxylic acids is 1. The molecule has 0 saturated heterocycles. The summed E-state index contributed by atoms with van der Waals surface area (Å²) < 4.78 is 24.1. The first-order chi connectivity index (χ1) is 14.6. The van der Waals surface area contributed by atoms with Gasteiger partial charge in [0.25, 0.3) is 5.91 Å². The molecule has 4 rings (SSSR count). The van der Waals surface area contributed by atoms with Gasteiger partial charge in [-0.3, -0.25) is 4.79 Å². The van der Waals surface area contributed by atoms with Crippen molar-refractivity contribution in [1.29, 1.82) is 0 Å². The number of methoxy groups -OCH3 is 1. The number of furan rings is 1. The van der Waals surface area contributed by atoms with Crippen molar-refractivity contribution in [1.82, 2.24) is 5.01 Å². The maximum atomic E-state index is 13.3. The van der Waals surface area contributed by atoms with Gasteiger partial charge in [-0.05, 0) is 59.7 Å². The molecule has 30 heavy (non-hydrogen) atoms. The summed E-state index contributed by atoms with van der Waals surface area (Å²) >= 11 is 1.44. The number of halogens is 1. The number of carbonyl (C=O) groups is 1. The van der Waals surface area contributed by atoms with E-state index in [0.29, 0.717) is 17.9 Å². The van der Waals surface area contributed by atoms with E-state index in [0.717, 1.165) is 22.6 Å². The van der Waals surface area contributed by atoms with Crippen molar-refractivity contribution in [2.75, 3.05) is 12.9 Å². The van der Waals surface area contributed by atoms with Crippen molar-refractivity contribution >= 4 is 23.4 Å². The Morgan fingerprint density at radius 2 is 2.07 bits per heavy atom. The predicted molar refractivity (Wildman–Crippen MR) is 115 cm³/mol. The fourth-order valence-electron chi connectivity index (χ4n) is 3.35. The van der Waals surface area contributed by atoms with Gasteiger partial charge >= 0.3 is 0 Å². The molecule has 2 aromatic carbocycles. The number of hydrazone groups is 1. The Morgan fingerprint density at radius 1 is 1.23 bits per heavy atom. The topological polar surface area (TPSA) is 55.0 Å². The van der Waals surface area contributed by atoms with Crippen LogP contribution in [0.3, 0.4) is 0 Å². The summed E-state index contributed by atoms with van der Waals surface area (Å²) in [5.74, 6) is 1.88. The van der Waals surface area contributed by atoms with Gasteiger partial charge in [-0.1, -0.05) is 12.1 Å². The Balaban J connectivity index is 1.48. The van der Waals surface area contributed by atoms with Crippen LogP contribution in [-0.2, 0) is 10.5 Å². The van der Waals surface area contributed by atoms with Gasteiger partial charge in [-0.2, -0.15) is 5.10 Å².